The first-order valence-electron chi connectivity index (χ1n) is 9.08. The fourth-order valence-electron chi connectivity index (χ4n) is 3.54. The van der Waals surface area contributed by atoms with Gasteiger partial charge in [-0.3, -0.25) is 9.89 Å². The van der Waals surface area contributed by atoms with Gasteiger partial charge >= 0.3 is 0 Å². The molecule has 0 radical (unpaired) electrons. The molecule has 0 spiro atoms. The van der Waals surface area contributed by atoms with Gasteiger partial charge in [0.1, 0.15) is 18.2 Å². The van der Waals surface area contributed by atoms with Crippen LogP contribution in [0.5, 0.6) is 5.75 Å². The van der Waals surface area contributed by atoms with Crippen molar-refractivity contribution in [3.63, 3.8) is 0 Å². The molecule has 3 aromatic rings. The molecule has 0 atom stereocenters. The molecule has 1 aliphatic carbocycles. The first-order chi connectivity index (χ1) is 13.6. The van der Waals surface area contributed by atoms with Crippen LogP contribution in [0, 0.1) is 0 Å². The molecule has 1 fully saturated rings. The Kier molecular flexibility index (Phi) is 4.82. The second-order valence-electron chi connectivity index (χ2n) is 6.92. The van der Waals surface area contributed by atoms with E-state index in [2.05, 4.69) is 25.7 Å². The number of hydrogen-bond acceptors (Lipinski definition) is 6. The Balaban J connectivity index is 1.42. The van der Waals surface area contributed by atoms with Crippen molar-refractivity contribution in [2.45, 2.75) is 31.4 Å². The van der Waals surface area contributed by atoms with Crippen molar-refractivity contribution in [3.8, 4) is 17.0 Å². The van der Waals surface area contributed by atoms with Gasteiger partial charge < -0.3 is 19.7 Å². The SMILES string of the molecule is COc1cccc(-c2[nH]ncc2C(=O)NC2CC(c3nnc(CO)n3C)C2)c1. The molecule has 0 bridgehead atoms. The maximum atomic E-state index is 12.7. The first kappa shape index (κ1) is 18.2. The topological polar surface area (TPSA) is 118 Å². The number of nitrogens with zero attached hydrogens (tertiary/aromatic N) is 4. The molecule has 1 aromatic carbocycles. The normalized spacial score (nSPS) is 18.5. The number of rotatable bonds is 6. The second kappa shape index (κ2) is 7.43. The average Bonchev–Trinajstić information content (AvgIpc) is 3.31. The number of hydrogen-bond donors (Lipinski definition) is 3. The summed E-state index contributed by atoms with van der Waals surface area (Å²) >= 11 is 0. The van der Waals surface area contributed by atoms with Gasteiger partial charge in [0.2, 0.25) is 0 Å². The molecular weight excluding hydrogens is 360 g/mol. The van der Waals surface area contributed by atoms with E-state index in [4.69, 9.17) is 4.74 Å². The van der Waals surface area contributed by atoms with Gasteiger partial charge in [0, 0.05) is 24.6 Å². The Morgan fingerprint density at radius 2 is 2.21 bits per heavy atom. The van der Waals surface area contributed by atoms with E-state index in [1.807, 2.05) is 35.9 Å². The first-order valence-corrected chi connectivity index (χ1v) is 9.08. The fourth-order valence-corrected chi connectivity index (χ4v) is 3.54. The Morgan fingerprint density at radius 1 is 1.39 bits per heavy atom. The van der Waals surface area contributed by atoms with Gasteiger partial charge in [-0.25, -0.2) is 0 Å². The van der Waals surface area contributed by atoms with Gasteiger partial charge in [-0.05, 0) is 25.0 Å². The number of nitrogens with one attached hydrogen (secondary N) is 2. The number of H-pyrrole nitrogens is 1. The quantitative estimate of drug-likeness (QED) is 0.593. The summed E-state index contributed by atoms with van der Waals surface area (Å²) in [6.07, 6.45) is 3.11. The Bertz CT molecular complexity index is 989. The van der Waals surface area contributed by atoms with E-state index in [-0.39, 0.29) is 24.5 Å². The summed E-state index contributed by atoms with van der Waals surface area (Å²) in [5.74, 6) is 2.17. The van der Waals surface area contributed by atoms with Gasteiger partial charge in [-0.1, -0.05) is 12.1 Å². The molecule has 2 heterocycles. The predicted molar refractivity (Wildman–Crippen MR) is 101 cm³/mol. The van der Waals surface area contributed by atoms with Crippen LogP contribution >= 0.6 is 0 Å². The van der Waals surface area contributed by atoms with Crippen molar-refractivity contribution in [1.82, 2.24) is 30.3 Å². The lowest BCUT2D eigenvalue weighted by molar-refractivity contribution is 0.0907. The van der Waals surface area contributed by atoms with Crippen LogP contribution in [-0.2, 0) is 13.7 Å². The molecule has 3 N–H and O–H groups in total. The van der Waals surface area contributed by atoms with Gasteiger partial charge in [-0.2, -0.15) is 5.10 Å². The molecular formula is C19H22N6O3. The summed E-state index contributed by atoms with van der Waals surface area (Å²) in [5.41, 5.74) is 2.00. The number of ether oxygens (including phenoxy) is 1. The molecule has 28 heavy (non-hydrogen) atoms. The van der Waals surface area contributed by atoms with Crippen molar-refractivity contribution in [2.75, 3.05) is 7.11 Å². The highest BCUT2D eigenvalue weighted by molar-refractivity contribution is 6.00. The van der Waals surface area contributed by atoms with Crippen LogP contribution in [-0.4, -0.2) is 49.1 Å². The molecule has 0 aliphatic heterocycles. The molecule has 1 amide bonds. The summed E-state index contributed by atoms with van der Waals surface area (Å²) in [6.45, 7) is -0.135. The summed E-state index contributed by atoms with van der Waals surface area (Å²) in [4.78, 5) is 12.7. The fraction of sp³-hybridized carbons (Fsp3) is 0.368. The standard InChI is InChI=1S/C19H22N6O3/c1-25-16(10-26)22-24-18(25)12-6-13(7-12)21-19(27)15-9-20-23-17(15)11-4-3-5-14(8-11)28-2/h3-5,8-9,12-13,26H,6-7,10H2,1-2H3,(H,20,23)(H,21,27). The maximum absolute atomic E-state index is 12.7. The van der Waals surface area contributed by atoms with Crippen molar-refractivity contribution < 1.29 is 14.6 Å². The number of benzene rings is 1. The van der Waals surface area contributed by atoms with E-state index in [1.165, 1.54) is 6.20 Å². The summed E-state index contributed by atoms with van der Waals surface area (Å²) in [6, 6.07) is 7.55. The van der Waals surface area contributed by atoms with E-state index < -0.39 is 0 Å². The van der Waals surface area contributed by atoms with Crippen LogP contribution in [0.3, 0.4) is 0 Å². The monoisotopic (exact) mass is 382 g/mol. The number of methoxy groups -OCH3 is 1. The highest BCUT2D eigenvalue weighted by Crippen LogP contribution is 2.36. The highest BCUT2D eigenvalue weighted by atomic mass is 16.5. The molecule has 146 valence electrons. The summed E-state index contributed by atoms with van der Waals surface area (Å²) in [5, 5.41) is 27.4. The van der Waals surface area contributed by atoms with Gasteiger partial charge in [0.05, 0.1) is 24.6 Å². The van der Waals surface area contributed by atoms with Crippen LogP contribution in [0.25, 0.3) is 11.3 Å². The third-order valence-electron chi connectivity index (χ3n) is 5.22. The molecule has 4 rings (SSSR count). The second-order valence-corrected chi connectivity index (χ2v) is 6.92. The van der Waals surface area contributed by atoms with Crippen LogP contribution in [0.1, 0.15) is 40.8 Å². The van der Waals surface area contributed by atoms with Crippen LogP contribution in [0.4, 0.5) is 0 Å². The molecule has 1 saturated carbocycles. The van der Waals surface area contributed by atoms with Crippen LogP contribution in [0.2, 0.25) is 0 Å². The van der Waals surface area contributed by atoms with E-state index in [9.17, 15) is 9.90 Å². The van der Waals surface area contributed by atoms with E-state index in [1.54, 1.807) is 7.11 Å². The minimum absolute atomic E-state index is 0.0693. The van der Waals surface area contributed by atoms with E-state index in [0.717, 1.165) is 24.2 Å². The Morgan fingerprint density at radius 3 is 2.93 bits per heavy atom. The van der Waals surface area contributed by atoms with Gasteiger partial charge in [-0.15, -0.1) is 10.2 Å². The third kappa shape index (κ3) is 3.24. The van der Waals surface area contributed by atoms with Gasteiger partial charge in [0.25, 0.3) is 5.91 Å². The smallest absolute Gasteiger partial charge is 0.255 e. The third-order valence-corrected chi connectivity index (χ3v) is 5.22. The number of aliphatic hydroxyl groups excluding tert-OH is 1. The summed E-state index contributed by atoms with van der Waals surface area (Å²) < 4.78 is 7.07. The number of amides is 1. The zero-order valence-electron chi connectivity index (χ0n) is 15.7. The largest absolute Gasteiger partial charge is 0.497 e. The number of carbonyl (C=O) groups is 1. The Labute approximate surface area is 161 Å². The lowest BCUT2D eigenvalue weighted by Crippen LogP contribution is -2.44. The van der Waals surface area contributed by atoms with Crippen LogP contribution in [0.15, 0.2) is 30.5 Å². The lowest BCUT2D eigenvalue weighted by atomic mass is 9.79. The minimum atomic E-state index is -0.163. The van der Waals surface area contributed by atoms with E-state index in [0.29, 0.717) is 22.8 Å². The van der Waals surface area contributed by atoms with Crippen molar-refractivity contribution in [2.24, 2.45) is 7.05 Å². The van der Waals surface area contributed by atoms with Gasteiger partial charge in [0.15, 0.2) is 5.82 Å². The molecule has 0 unspecified atom stereocenters. The lowest BCUT2D eigenvalue weighted by Gasteiger charge is -2.35. The number of aliphatic hydroxyl groups is 1. The van der Waals surface area contributed by atoms with Crippen LogP contribution < -0.4 is 10.1 Å². The Hall–Kier alpha value is -3.20. The van der Waals surface area contributed by atoms with Crippen molar-refractivity contribution in [3.05, 3.63) is 47.7 Å². The molecule has 1 aliphatic rings. The van der Waals surface area contributed by atoms with Crippen molar-refractivity contribution >= 4 is 5.91 Å². The average molecular weight is 382 g/mol. The minimum Gasteiger partial charge on any atom is -0.497 e. The van der Waals surface area contributed by atoms with Crippen molar-refractivity contribution in [1.29, 1.82) is 0 Å². The summed E-state index contributed by atoms with van der Waals surface area (Å²) in [7, 11) is 3.45. The van der Waals surface area contributed by atoms with E-state index >= 15 is 0 Å². The number of aromatic amines is 1. The molecule has 0 saturated heterocycles. The molecule has 2 aromatic heterocycles. The predicted octanol–water partition coefficient (Wildman–Crippen LogP) is 1.38. The molecule has 9 heteroatoms. The molecule has 9 nitrogen and oxygen atoms in total. The number of aromatic nitrogens is 5. The number of carbonyl (C=O) groups excluding carboxylic acids is 1. The highest BCUT2D eigenvalue weighted by Gasteiger charge is 2.35. The zero-order valence-corrected chi connectivity index (χ0v) is 15.7. The maximum Gasteiger partial charge on any atom is 0.255 e. The zero-order chi connectivity index (χ0) is 19.7.